The molecule has 17 heavy (non-hydrogen) atoms. The number of fused-ring (bicyclic) bond motifs is 2. The van der Waals surface area contributed by atoms with Gasteiger partial charge in [0.1, 0.15) is 0 Å². The fourth-order valence-corrected chi connectivity index (χ4v) is 4.00. The summed E-state index contributed by atoms with van der Waals surface area (Å²) >= 11 is 0. The van der Waals surface area contributed by atoms with Crippen LogP contribution >= 0.6 is 0 Å². The lowest BCUT2D eigenvalue weighted by Gasteiger charge is -2.42. The number of rotatable bonds is 3. The van der Waals surface area contributed by atoms with Gasteiger partial charge in [-0.25, -0.2) is 0 Å². The summed E-state index contributed by atoms with van der Waals surface area (Å²) in [5.74, 6) is 1.14. The standard InChI is InChI=1S/C13H22N2O2/c14-11-9-3-2-8(6-9)10(11)12(17)15-13(7-16)4-1-5-13/h8-11,16H,1-7,14H2,(H,15,17). The van der Waals surface area contributed by atoms with Crippen molar-refractivity contribution in [2.75, 3.05) is 6.61 Å². The van der Waals surface area contributed by atoms with Crippen molar-refractivity contribution < 1.29 is 9.90 Å². The SMILES string of the molecule is NC1C2CCC(C2)C1C(=O)NC1(CO)CCC1. The summed E-state index contributed by atoms with van der Waals surface area (Å²) in [5.41, 5.74) is 5.84. The van der Waals surface area contributed by atoms with Gasteiger partial charge in [0.05, 0.1) is 18.1 Å². The van der Waals surface area contributed by atoms with Gasteiger partial charge < -0.3 is 16.2 Å². The van der Waals surface area contributed by atoms with E-state index in [1.807, 2.05) is 0 Å². The molecule has 3 rings (SSSR count). The first-order valence-electron chi connectivity index (χ1n) is 6.84. The Morgan fingerprint density at radius 2 is 2.06 bits per heavy atom. The smallest absolute Gasteiger partial charge is 0.225 e. The van der Waals surface area contributed by atoms with Gasteiger partial charge in [-0.1, -0.05) is 0 Å². The molecule has 1 amide bonds. The van der Waals surface area contributed by atoms with Crippen LogP contribution in [0.1, 0.15) is 38.5 Å². The molecular formula is C13H22N2O2. The van der Waals surface area contributed by atoms with Gasteiger partial charge in [0.25, 0.3) is 0 Å². The number of nitrogens with one attached hydrogen (secondary N) is 1. The predicted octanol–water partition coefficient (Wildman–Crippen LogP) is 0.391. The Balaban J connectivity index is 1.66. The van der Waals surface area contributed by atoms with Crippen LogP contribution in [0.4, 0.5) is 0 Å². The molecule has 2 bridgehead atoms. The maximum absolute atomic E-state index is 12.3. The van der Waals surface area contributed by atoms with E-state index < -0.39 is 0 Å². The van der Waals surface area contributed by atoms with E-state index in [2.05, 4.69) is 5.32 Å². The van der Waals surface area contributed by atoms with Crippen LogP contribution < -0.4 is 11.1 Å². The van der Waals surface area contributed by atoms with Gasteiger partial charge >= 0.3 is 0 Å². The number of aliphatic hydroxyl groups excluding tert-OH is 1. The van der Waals surface area contributed by atoms with Gasteiger partial charge in [-0.2, -0.15) is 0 Å². The molecule has 0 saturated heterocycles. The summed E-state index contributed by atoms with van der Waals surface area (Å²) in [6.45, 7) is 0.0643. The summed E-state index contributed by atoms with van der Waals surface area (Å²) in [6, 6.07) is 0.0459. The molecular weight excluding hydrogens is 216 g/mol. The number of hydrogen-bond acceptors (Lipinski definition) is 3. The summed E-state index contributed by atoms with van der Waals surface area (Å²) in [7, 11) is 0. The van der Waals surface area contributed by atoms with Crippen molar-refractivity contribution in [2.24, 2.45) is 23.5 Å². The van der Waals surface area contributed by atoms with Gasteiger partial charge in [-0.05, 0) is 50.4 Å². The Hall–Kier alpha value is -0.610. The average Bonchev–Trinajstić information content (AvgIpc) is 2.83. The minimum absolute atomic E-state index is 0.00206. The zero-order valence-electron chi connectivity index (χ0n) is 10.2. The first-order chi connectivity index (χ1) is 8.15. The molecule has 0 aromatic rings. The number of carbonyl (C=O) groups excluding carboxylic acids is 1. The maximum Gasteiger partial charge on any atom is 0.225 e. The highest BCUT2D eigenvalue weighted by Crippen LogP contribution is 2.48. The quantitative estimate of drug-likeness (QED) is 0.666. The molecule has 4 heteroatoms. The second-order valence-electron chi connectivity index (χ2n) is 6.22. The summed E-state index contributed by atoms with van der Waals surface area (Å²) in [6.07, 6.45) is 6.40. The second kappa shape index (κ2) is 3.95. The topological polar surface area (TPSA) is 75.4 Å². The van der Waals surface area contributed by atoms with Crippen LogP contribution in [-0.4, -0.2) is 29.2 Å². The van der Waals surface area contributed by atoms with Crippen molar-refractivity contribution >= 4 is 5.91 Å². The molecule has 0 heterocycles. The van der Waals surface area contributed by atoms with E-state index >= 15 is 0 Å². The fraction of sp³-hybridized carbons (Fsp3) is 0.923. The maximum atomic E-state index is 12.3. The lowest BCUT2D eigenvalue weighted by atomic mass is 9.76. The Bertz CT molecular complexity index is 320. The number of aliphatic hydroxyl groups is 1. The van der Waals surface area contributed by atoms with Crippen LogP contribution in [0.2, 0.25) is 0 Å². The van der Waals surface area contributed by atoms with Crippen LogP contribution in [0.25, 0.3) is 0 Å². The Morgan fingerprint density at radius 1 is 1.35 bits per heavy atom. The van der Waals surface area contributed by atoms with E-state index in [1.165, 1.54) is 6.42 Å². The molecule has 0 aliphatic heterocycles. The van der Waals surface area contributed by atoms with E-state index in [1.54, 1.807) is 0 Å². The number of nitrogens with two attached hydrogens (primary N) is 1. The molecule has 3 aliphatic carbocycles. The molecule has 3 aliphatic rings. The number of amides is 1. The molecule has 3 saturated carbocycles. The van der Waals surface area contributed by atoms with Crippen molar-refractivity contribution in [2.45, 2.75) is 50.1 Å². The summed E-state index contributed by atoms with van der Waals surface area (Å²) in [4.78, 5) is 12.3. The third kappa shape index (κ3) is 1.69. The molecule has 0 spiro atoms. The minimum atomic E-state index is -0.321. The molecule has 0 aromatic carbocycles. The third-order valence-corrected chi connectivity index (χ3v) is 5.29. The van der Waals surface area contributed by atoms with E-state index in [9.17, 15) is 9.90 Å². The molecule has 4 atom stereocenters. The Morgan fingerprint density at radius 3 is 2.53 bits per heavy atom. The van der Waals surface area contributed by atoms with Crippen molar-refractivity contribution in [1.29, 1.82) is 0 Å². The molecule has 96 valence electrons. The number of hydrogen-bond donors (Lipinski definition) is 3. The van der Waals surface area contributed by atoms with E-state index in [4.69, 9.17) is 5.73 Å². The molecule has 3 fully saturated rings. The van der Waals surface area contributed by atoms with Gasteiger partial charge in [-0.15, -0.1) is 0 Å². The monoisotopic (exact) mass is 238 g/mol. The van der Waals surface area contributed by atoms with Gasteiger partial charge in [0.2, 0.25) is 5.91 Å². The number of carbonyl (C=O) groups is 1. The summed E-state index contributed by atoms with van der Waals surface area (Å²) < 4.78 is 0. The molecule has 0 aromatic heterocycles. The highest BCUT2D eigenvalue weighted by molar-refractivity contribution is 5.81. The molecule has 4 N–H and O–H groups in total. The minimum Gasteiger partial charge on any atom is -0.394 e. The predicted molar refractivity (Wildman–Crippen MR) is 64.1 cm³/mol. The molecule has 4 nitrogen and oxygen atoms in total. The first-order valence-corrected chi connectivity index (χ1v) is 6.84. The second-order valence-corrected chi connectivity index (χ2v) is 6.22. The first kappa shape index (κ1) is 11.5. The Kier molecular flexibility index (Phi) is 2.67. The Labute approximate surface area is 102 Å². The van der Waals surface area contributed by atoms with Crippen LogP contribution in [0.5, 0.6) is 0 Å². The van der Waals surface area contributed by atoms with Gasteiger partial charge in [-0.3, -0.25) is 4.79 Å². The largest absolute Gasteiger partial charge is 0.394 e. The van der Waals surface area contributed by atoms with Crippen LogP contribution in [0.3, 0.4) is 0 Å². The van der Waals surface area contributed by atoms with Crippen molar-refractivity contribution in [3.63, 3.8) is 0 Å². The third-order valence-electron chi connectivity index (χ3n) is 5.29. The van der Waals surface area contributed by atoms with Crippen molar-refractivity contribution in [1.82, 2.24) is 5.32 Å². The van der Waals surface area contributed by atoms with Crippen LogP contribution in [0, 0.1) is 17.8 Å². The van der Waals surface area contributed by atoms with Crippen LogP contribution in [-0.2, 0) is 4.79 Å². The zero-order chi connectivity index (χ0) is 12.0. The molecule has 0 radical (unpaired) electrons. The highest BCUT2D eigenvalue weighted by atomic mass is 16.3. The average molecular weight is 238 g/mol. The van der Waals surface area contributed by atoms with Crippen molar-refractivity contribution in [3.8, 4) is 0 Å². The lowest BCUT2D eigenvalue weighted by Crippen LogP contribution is -2.59. The normalized spacial score (nSPS) is 42.2. The zero-order valence-corrected chi connectivity index (χ0v) is 10.2. The van der Waals surface area contributed by atoms with E-state index in [0.29, 0.717) is 11.8 Å². The van der Waals surface area contributed by atoms with Gasteiger partial charge in [0, 0.05) is 6.04 Å². The fourth-order valence-electron chi connectivity index (χ4n) is 4.00. The van der Waals surface area contributed by atoms with Crippen molar-refractivity contribution in [3.05, 3.63) is 0 Å². The lowest BCUT2D eigenvalue weighted by molar-refractivity contribution is -0.131. The van der Waals surface area contributed by atoms with E-state index in [-0.39, 0.29) is 30.0 Å². The van der Waals surface area contributed by atoms with Gasteiger partial charge in [0.15, 0.2) is 0 Å². The highest BCUT2D eigenvalue weighted by Gasteiger charge is 2.50. The summed E-state index contributed by atoms with van der Waals surface area (Å²) in [5, 5.41) is 12.4. The molecule has 4 unspecified atom stereocenters. The van der Waals surface area contributed by atoms with Crippen LogP contribution in [0.15, 0.2) is 0 Å². The van der Waals surface area contributed by atoms with E-state index in [0.717, 1.165) is 32.1 Å².